The number of hydrogen-bond acceptors (Lipinski definition) is 3. The van der Waals surface area contributed by atoms with Gasteiger partial charge in [0.25, 0.3) is 0 Å². The fraction of sp³-hybridized carbons (Fsp3) is 0.200. The van der Waals surface area contributed by atoms with Gasteiger partial charge in [-0.05, 0) is 12.1 Å². The highest BCUT2D eigenvalue weighted by atomic mass is 35.5. The van der Waals surface area contributed by atoms with E-state index in [9.17, 15) is 4.39 Å². The van der Waals surface area contributed by atoms with Crippen LogP contribution >= 0.6 is 11.6 Å². The maximum Gasteiger partial charge on any atom is 0.140 e. The van der Waals surface area contributed by atoms with E-state index in [1.54, 1.807) is 12.1 Å². The quantitative estimate of drug-likeness (QED) is 0.886. The molecule has 0 saturated heterocycles. The van der Waals surface area contributed by atoms with Crippen molar-refractivity contribution in [2.75, 3.05) is 0 Å². The van der Waals surface area contributed by atoms with Crippen LogP contribution < -0.4 is 5.73 Å². The fourth-order valence-corrected chi connectivity index (χ4v) is 1.63. The highest BCUT2D eigenvalue weighted by Crippen LogP contribution is 2.19. The lowest BCUT2D eigenvalue weighted by Crippen LogP contribution is -2.12. The zero-order chi connectivity index (χ0) is 11.5. The summed E-state index contributed by atoms with van der Waals surface area (Å²) in [5.41, 5.74) is 5.87. The first-order valence-electron chi connectivity index (χ1n) is 4.72. The molecule has 4 nitrogen and oxygen atoms in total. The summed E-state index contributed by atoms with van der Waals surface area (Å²) in [6, 6.07) is 4.56. The Hall–Kier alpha value is -1.46. The third-order valence-electron chi connectivity index (χ3n) is 2.25. The first kappa shape index (κ1) is 11.0. The van der Waals surface area contributed by atoms with E-state index in [0.29, 0.717) is 16.4 Å². The average Bonchev–Trinajstić information content (AvgIpc) is 2.71. The maximum atomic E-state index is 13.5. The SMILES string of the molecule is NCc1ncnn1Cc1c(F)cccc1Cl. The van der Waals surface area contributed by atoms with E-state index in [-0.39, 0.29) is 18.9 Å². The van der Waals surface area contributed by atoms with Gasteiger partial charge in [0.2, 0.25) is 0 Å². The van der Waals surface area contributed by atoms with Crippen molar-refractivity contribution < 1.29 is 4.39 Å². The minimum atomic E-state index is -0.356. The second-order valence-electron chi connectivity index (χ2n) is 3.24. The Morgan fingerprint density at radius 3 is 2.94 bits per heavy atom. The molecule has 1 aromatic heterocycles. The Labute approximate surface area is 96.9 Å². The van der Waals surface area contributed by atoms with Crippen molar-refractivity contribution in [3.8, 4) is 0 Å². The number of hydrogen-bond donors (Lipinski definition) is 1. The van der Waals surface area contributed by atoms with Crippen molar-refractivity contribution >= 4 is 11.6 Å². The summed E-state index contributed by atoms with van der Waals surface area (Å²) in [5.74, 6) is 0.241. The van der Waals surface area contributed by atoms with E-state index in [2.05, 4.69) is 10.1 Å². The Bertz CT molecular complexity index is 477. The van der Waals surface area contributed by atoms with Gasteiger partial charge in [0.15, 0.2) is 0 Å². The minimum Gasteiger partial charge on any atom is -0.324 e. The average molecular weight is 241 g/mol. The third-order valence-corrected chi connectivity index (χ3v) is 2.60. The monoisotopic (exact) mass is 240 g/mol. The number of nitrogens with two attached hydrogens (primary N) is 1. The molecule has 0 unspecified atom stereocenters. The third kappa shape index (κ3) is 2.05. The Morgan fingerprint density at radius 2 is 2.25 bits per heavy atom. The van der Waals surface area contributed by atoms with E-state index in [0.717, 1.165) is 0 Å². The number of aromatic nitrogens is 3. The molecule has 2 aromatic rings. The van der Waals surface area contributed by atoms with E-state index in [4.69, 9.17) is 17.3 Å². The van der Waals surface area contributed by atoms with E-state index in [1.165, 1.54) is 17.1 Å². The zero-order valence-electron chi connectivity index (χ0n) is 8.40. The first-order chi connectivity index (χ1) is 7.72. The lowest BCUT2D eigenvalue weighted by atomic mass is 10.2. The second-order valence-corrected chi connectivity index (χ2v) is 3.65. The predicted molar refractivity (Wildman–Crippen MR) is 58.4 cm³/mol. The highest BCUT2D eigenvalue weighted by Gasteiger charge is 2.10. The van der Waals surface area contributed by atoms with Gasteiger partial charge < -0.3 is 5.73 Å². The zero-order valence-corrected chi connectivity index (χ0v) is 9.15. The fourth-order valence-electron chi connectivity index (χ4n) is 1.41. The number of nitrogens with zero attached hydrogens (tertiary/aromatic N) is 3. The van der Waals surface area contributed by atoms with Gasteiger partial charge in [-0.3, -0.25) is 0 Å². The smallest absolute Gasteiger partial charge is 0.140 e. The van der Waals surface area contributed by atoms with Crippen LogP contribution in [0.25, 0.3) is 0 Å². The second kappa shape index (κ2) is 4.59. The molecular weight excluding hydrogens is 231 g/mol. The van der Waals surface area contributed by atoms with Crippen LogP contribution in [0.15, 0.2) is 24.5 Å². The van der Waals surface area contributed by atoms with Gasteiger partial charge in [0, 0.05) is 10.6 Å². The molecule has 0 aliphatic rings. The lowest BCUT2D eigenvalue weighted by molar-refractivity contribution is 0.573. The van der Waals surface area contributed by atoms with Crippen LogP contribution in [0.4, 0.5) is 4.39 Å². The molecular formula is C10H10ClFN4. The lowest BCUT2D eigenvalue weighted by Gasteiger charge is -2.07. The molecule has 6 heteroatoms. The molecule has 0 spiro atoms. The predicted octanol–water partition coefficient (Wildman–Crippen LogP) is 1.58. The molecule has 0 aliphatic carbocycles. The number of benzene rings is 1. The normalized spacial score (nSPS) is 10.7. The minimum absolute atomic E-state index is 0.234. The number of rotatable bonds is 3. The van der Waals surface area contributed by atoms with Gasteiger partial charge in [-0.1, -0.05) is 17.7 Å². The maximum absolute atomic E-state index is 13.5. The van der Waals surface area contributed by atoms with Crippen molar-refractivity contribution in [1.29, 1.82) is 0 Å². The van der Waals surface area contributed by atoms with Gasteiger partial charge in [-0.2, -0.15) is 5.10 Å². The van der Waals surface area contributed by atoms with Gasteiger partial charge in [-0.15, -0.1) is 0 Å². The Morgan fingerprint density at radius 1 is 1.44 bits per heavy atom. The molecule has 1 heterocycles. The van der Waals surface area contributed by atoms with Crippen LogP contribution in [-0.2, 0) is 13.1 Å². The summed E-state index contributed by atoms with van der Waals surface area (Å²) in [6.45, 7) is 0.490. The molecule has 1 aromatic carbocycles. The summed E-state index contributed by atoms with van der Waals surface area (Å²) >= 11 is 5.91. The molecule has 2 N–H and O–H groups in total. The largest absolute Gasteiger partial charge is 0.324 e. The summed E-state index contributed by atoms with van der Waals surface area (Å²) in [7, 11) is 0. The first-order valence-corrected chi connectivity index (χ1v) is 5.10. The van der Waals surface area contributed by atoms with Crippen LogP contribution in [0.2, 0.25) is 5.02 Å². The molecule has 84 valence electrons. The van der Waals surface area contributed by atoms with Gasteiger partial charge in [0.05, 0.1) is 13.1 Å². The standard InChI is InChI=1S/C10H10ClFN4/c11-8-2-1-3-9(12)7(8)5-16-10(4-13)14-6-15-16/h1-3,6H,4-5,13H2. The molecule has 2 rings (SSSR count). The van der Waals surface area contributed by atoms with Crippen LogP contribution in [0, 0.1) is 5.82 Å². The van der Waals surface area contributed by atoms with Crippen LogP contribution in [-0.4, -0.2) is 14.8 Å². The molecule has 0 amide bonds. The Balaban J connectivity index is 2.34. The van der Waals surface area contributed by atoms with Gasteiger partial charge in [-0.25, -0.2) is 14.1 Å². The van der Waals surface area contributed by atoms with E-state index in [1.807, 2.05) is 0 Å². The summed E-state index contributed by atoms with van der Waals surface area (Å²) in [4.78, 5) is 3.95. The van der Waals surface area contributed by atoms with Crippen molar-refractivity contribution in [3.05, 3.63) is 46.8 Å². The molecule has 0 radical (unpaired) electrons. The Kier molecular flexibility index (Phi) is 3.17. The molecule has 0 atom stereocenters. The van der Waals surface area contributed by atoms with Crippen LogP contribution in [0.3, 0.4) is 0 Å². The van der Waals surface area contributed by atoms with E-state index < -0.39 is 0 Å². The van der Waals surface area contributed by atoms with Crippen molar-refractivity contribution in [2.45, 2.75) is 13.1 Å². The van der Waals surface area contributed by atoms with Crippen molar-refractivity contribution in [3.63, 3.8) is 0 Å². The van der Waals surface area contributed by atoms with Crippen LogP contribution in [0.5, 0.6) is 0 Å². The molecule has 0 fully saturated rings. The van der Waals surface area contributed by atoms with Gasteiger partial charge in [0.1, 0.15) is 18.0 Å². The molecule has 0 aliphatic heterocycles. The highest BCUT2D eigenvalue weighted by molar-refractivity contribution is 6.31. The molecule has 16 heavy (non-hydrogen) atoms. The topological polar surface area (TPSA) is 56.7 Å². The molecule has 0 bridgehead atoms. The summed E-state index contributed by atoms with van der Waals surface area (Å²) in [5, 5.41) is 4.34. The van der Waals surface area contributed by atoms with Crippen molar-refractivity contribution in [2.24, 2.45) is 5.73 Å². The van der Waals surface area contributed by atoms with Gasteiger partial charge >= 0.3 is 0 Å². The number of halogens is 2. The van der Waals surface area contributed by atoms with E-state index >= 15 is 0 Å². The summed E-state index contributed by atoms with van der Waals surface area (Å²) < 4.78 is 15.0. The van der Waals surface area contributed by atoms with Crippen LogP contribution in [0.1, 0.15) is 11.4 Å². The van der Waals surface area contributed by atoms with Crippen molar-refractivity contribution in [1.82, 2.24) is 14.8 Å². The molecule has 0 saturated carbocycles. The summed E-state index contributed by atoms with van der Waals surface area (Å²) in [6.07, 6.45) is 1.39.